The second-order valence-electron chi connectivity index (χ2n) is 5.25. The smallest absolute Gasteiger partial charge is 0.220 e. The lowest BCUT2D eigenvalue weighted by molar-refractivity contribution is -0.121. The number of benzene rings is 1. The van der Waals surface area contributed by atoms with E-state index < -0.39 is 0 Å². The zero-order chi connectivity index (χ0) is 15.3. The van der Waals surface area contributed by atoms with Crippen LogP contribution in [0.2, 0.25) is 0 Å². The van der Waals surface area contributed by atoms with E-state index >= 15 is 0 Å². The lowest BCUT2D eigenvalue weighted by Crippen LogP contribution is -2.27. The van der Waals surface area contributed by atoms with Gasteiger partial charge in [0, 0.05) is 6.42 Å². The van der Waals surface area contributed by atoms with Crippen molar-refractivity contribution in [1.82, 2.24) is 5.32 Å². The molecule has 0 aromatic heterocycles. The highest BCUT2D eigenvalue weighted by atomic mass is 16.5. The van der Waals surface area contributed by atoms with Gasteiger partial charge in [-0.3, -0.25) is 4.79 Å². The summed E-state index contributed by atoms with van der Waals surface area (Å²) in [5, 5.41) is 2.87. The van der Waals surface area contributed by atoms with Gasteiger partial charge in [-0.25, -0.2) is 0 Å². The van der Waals surface area contributed by atoms with Crippen LogP contribution in [-0.2, 0) is 4.79 Å². The van der Waals surface area contributed by atoms with E-state index in [0.29, 0.717) is 31.0 Å². The van der Waals surface area contributed by atoms with Gasteiger partial charge in [0.15, 0.2) is 0 Å². The number of hydrogen-bond donors (Lipinski definition) is 2. The number of amides is 1. The quantitative estimate of drug-likeness (QED) is 0.484. The summed E-state index contributed by atoms with van der Waals surface area (Å²) in [6, 6.07) is 7.37. The third kappa shape index (κ3) is 8.23. The average molecular weight is 292 g/mol. The number of rotatable bonds is 11. The summed E-state index contributed by atoms with van der Waals surface area (Å²) < 4.78 is 5.52. The van der Waals surface area contributed by atoms with Crippen LogP contribution in [0.4, 0.5) is 5.69 Å². The summed E-state index contributed by atoms with van der Waals surface area (Å²) in [7, 11) is 0. The fourth-order valence-corrected chi connectivity index (χ4v) is 2.12. The van der Waals surface area contributed by atoms with Crippen molar-refractivity contribution in [1.29, 1.82) is 0 Å². The molecular weight excluding hydrogens is 264 g/mol. The van der Waals surface area contributed by atoms with Gasteiger partial charge in [-0.05, 0) is 18.6 Å². The minimum Gasteiger partial charge on any atom is -0.490 e. The van der Waals surface area contributed by atoms with Crippen molar-refractivity contribution < 1.29 is 9.53 Å². The Morgan fingerprint density at radius 1 is 1.14 bits per heavy atom. The second kappa shape index (κ2) is 11.0. The normalized spacial score (nSPS) is 10.3. The van der Waals surface area contributed by atoms with Crippen molar-refractivity contribution in [2.45, 2.75) is 51.9 Å². The van der Waals surface area contributed by atoms with Crippen molar-refractivity contribution in [3.8, 4) is 5.75 Å². The largest absolute Gasteiger partial charge is 0.490 e. The molecule has 4 heteroatoms. The maximum Gasteiger partial charge on any atom is 0.220 e. The third-order valence-corrected chi connectivity index (χ3v) is 3.36. The van der Waals surface area contributed by atoms with Gasteiger partial charge in [0.25, 0.3) is 0 Å². The Kier molecular flexibility index (Phi) is 9.09. The molecule has 0 radical (unpaired) electrons. The highest BCUT2D eigenvalue weighted by molar-refractivity contribution is 5.75. The van der Waals surface area contributed by atoms with E-state index in [4.69, 9.17) is 10.5 Å². The number of ether oxygens (including phenoxy) is 1. The van der Waals surface area contributed by atoms with Gasteiger partial charge in [0.05, 0.1) is 12.2 Å². The number of carbonyl (C=O) groups excluding carboxylic acids is 1. The van der Waals surface area contributed by atoms with Crippen molar-refractivity contribution in [3.05, 3.63) is 24.3 Å². The molecule has 1 amide bonds. The fraction of sp³-hybridized carbons (Fsp3) is 0.588. The molecule has 0 aliphatic carbocycles. The standard InChI is InChI=1S/C17H28N2O2/c1-2-3-4-5-6-7-12-17(20)19-13-14-21-16-11-9-8-10-15(16)18/h8-11H,2-7,12-14,18H2,1H3,(H,19,20). The Bertz CT molecular complexity index is 408. The Labute approximate surface area is 128 Å². The number of para-hydroxylation sites is 2. The summed E-state index contributed by atoms with van der Waals surface area (Å²) >= 11 is 0. The number of nitrogen functional groups attached to an aromatic ring is 1. The van der Waals surface area contributed by atoms with Crippen LogP contribution in [0, 0.1) is 0 Å². The lowest BCUT2D eigenvalue weighted by Gasteiger charge is -2.09. The first-order valence-electron chi connectivity index (χ1n) is 7.98. The van der Waals surface area contributed by atoms with Crippen LogP contribution in [0.3, 0.4) is 0 Å². The van der Waals surface area contributed by atoms with Crippen LogP contribution < -0.4 is 15.8 Å². The van der Waals surface area contributed by atoms with E-state index in [-0.39, 0.29) is 5.91 Å². The van der Waals surface area contributed by atoms with Gasteiger partial charge in [-0.1, -0.05) is 51.2 Å². The first-order valence-corrected chi connectivity index (χ1v) is 7.98. The van der Waals surface area contributed by atoms with Crippen molar-refractivity contribution in [3.63, 3.8) is 0 Å². The summed E-state index contributed by atoms with van der Waals surface area (Å²) in [6.45, 7) is 3.16. The summed E-state index contributed by atoms with van der Waals surface area (Å²) in [4.78, 5) is 11.6. The minimum atomic E-state index is 0.107. The number of nitrogens with one attached hydrogen (secondary N) is 1. The summed E-state index contributed by atoms with van der Waals surface area (Å²) in [6.07, 6.45) is 7.80. The van der Waals surface area contributed by atoms with Gasteiger partial charge in [-0.15, -0.1) is 0 Å². The molecule has 0 heterocycles. The van der Waals surface area contributed by atoms with Crippen LogP contribution >= 0.6 is 0 Å². The molecule has 0 fully saturated rings. The molecule has 4 nitrogen and oxygen atoms in total. The van der Waals surface area contributed by atoms with Crippen LogP contribution in [0.1, 0.15) is 51.9 Å². The molecule has 21 heavy (non-hydrogen) atoms. The summed E-state index contributed by atoms with van der Waals surface area (Å²) in [5.74, 6) is 0.776. The molecule has 0 saturated heterocycles. The fourth-order valence-electron chi connectivity index (χ4n) is 2.12. The zero-order valence-electron chi connectivity index (χ0n) is 13.1. The molecule has 0 unspecified atom stereocenters. The van der Waals surface area contributed by atoms with E-state index in [1.54, 1.807) is 6.07 Å². The summed E-state index contributed by atoms with van der Waals surface area (Å²) in [5.41, 5.74) is 6.39. The number of carbonyl (C=O) groups is 1. The van der Waals surface area contributed by atoms with Crippen molar-refractivity contribution >= 4 is 11.6 Å². The molecule has 0 saturated carbocycles. The van der Waals surface area contributed by atoms with E-state index in [1.807, 2.05) is 18.2 Å². The van der Waals surface area contributed by atoms with Gasteiger partial charge in [0.1, 0.15) is 12.4 Å². The van der Waals surface area contributed by atoms with Gasteiger partial charge in [-0.2, -0.15) is 0 Å². The number of hydrogen-bond acceptors (Lipinski definition) is 3. The molecule has 0 aliphatic rings. The number of nitrogens with two attached hydrogens (primary N) is 1. The molecule has 0 atom stereocenters. The predicted octanol–water partition coefficient (Wildman–Crippen LogP) is 3.51. The Morgan fingerprint density at radius 2 is 1.86 bits per heavy atom. The Balaban J connectivity index is 2.00. The molecule has 0 bridgehead atoms. The highest BCUT2D eigenvalue weighted by Gasteiger charge is 2.02. The first kappa shape index (κ1) is 17.3. The van der Waals surface area contributed by atoms with E-state index in [1.165, 1.54) is 25.7 Å². The number of unbranched alkanes of at least 4 members (excludes halogenated alkanes) is 5. The molecule has 1 aromatic carbocycles. The molecule has 1 aromatic rings. The molecule has 0 aliphatic heterocycles. The van der Waals surface area contributed by atoms with E-state index in [0.717, 1.165) is 12.8 Å². The zero-order valence-corrected chi connectivity index (χ0v) is 13.1. The van der Waals surface area contributed by atoms with E-state index in [9.17, 15) is 4.79 Å². The van der Waals surface area contributed by atoms with E-state index in [2.05, 4.69) is 12.2 Å². The van der Waals surface area contributed by atoms with Crippen LogP contribution in [0.5, 0.6) is 5.75 Å². The average Bonchev–Trinajstić information content (AvgIpc) is 2.49. The highest BCUT2D eigenvalue weighted by Crippen LogP contribution is 2.19. The van der Waals surface area contributed by atoms with Crippen LogP contribution in [-0.4, -0.2) is 19.1 Å². The maximum absolute atomic E-state index is 11.6. The van der Waals surface area contributed by atoms with Crippen LogP contribution in [0.15, 0.2) is 24.3 Å². The maximum atomic E-state index is 11.6. The molecular formula is C17H28N2O2. The lowest BCUT2D eigenvalue weighted by atomic mass is 10.1. The minimum absolute atomic E-state index is 0.107. The molecule has 3 N–H and O–H groups in total. The first-order chi connectivity index (χ1) is 10.2. The Morgan fingerprint density at radius 3 is 2.62 bits per heavy atom. The van der Waals surface area contributed by atoms with Crippen molar-refractivity contribution in [2.24, 2.45) is 0 Å². The SMILES string of the molecule is CCCCCCCCC(=O)NCCOc1ccccc1N. The molecule has 0 spiro atoms. The monoisotopic (exact) mass is 292 g/mol. The van der Waals surface area contributed by atoms with Gasteiger partial charge >= 0.3 is 0 Å². The van der Waals surface area contributed by atoms with Crippen molar-refractivity contribution in [2.75, 3.05) is 18.9 Å². The number of anilines is 1. The Hall–Kier alpha value is -1.71. The van der Waals surface area contributed by atoms with Gasteiger partial charge < -0.3 is 15.8 Å². The molecule has 1 rings (SSSR count). The van der Waals surface area contributed by atoms with Crippen LogP contribution in [0.25, 0.3) is 0 Å². The predicted molar refractivity (Wildman–Crippen MR) is 87.4 cm³/mol. The topological polar surface area (TPSA) is 64.3 Å². The van der Waals surface area contributed by atoms with Gasteiger partial charge in [0.2, 0.25) is 5.91 Å². The third-order valence-electron chi connectivity index (χ3n) is 3.36. The second-order valence-corrected chi connectivity index (χ2v) is 5.25. The molecule has 118 valence electrons.